The van der Waals surface area contributed by atoms with Crippen LogP contribution in [-0.4, -0.2) is 22.6 Å². The molecule has 2 aromatic rings. The summed E-state index contributed by atoms with van der Waals surface area (Å²) >= 11 is 0. The summed E-state index contributed by atoms with van der Waals surface area (Å²) in [5.74, 6) is 0.931. The van der Waals surface area contributed by atoms with E-state index in [1.165, 1.54) is 56.9 Å². The van der Waals surface area contributed by atoms with E-state index in [-0.39, 0.29) is 15.8 Å². The maximum atomic E-state index is 2.67. The predicted molar refractivity (Wildman–Crippen MR) is 155 cm³/mol. The molecule has 2 aromatic carbocycles. The zero-order chi connectivity index (χ0) is 23.3. The highest BCUT2D eigenvalue weighted by molar-refractivity contribution is 7.73. The Morgan fingerprint density at radius 3 is 1.85 bits per heavy atom. The quantitative estimate of drug-likeness (QED) is 0.338. The van der Waals surface area contributed by atoms with Crippen molar-refractivity contribution in [1.29, 1.82) is 0 Å². The first-order chi connectivity index (χ1) is 16.7. The Morgan fingerprint density at radius 2 is 1.24 bits per heavy atom. The van der Waals surface area contributed by atoms with Gasteiger partial charge >= 0.3 is 0 Å². The van der Waals surface area contributed by atoms with Crippen LogP contribution in [0.3, 0.4) is 0 Å². The molecule has 4 atom stereocenters. The van der Waals surface area contributed by atoms with Gasteiger partial charge in [0, 0.05) is 0 Å². The lowest BCUT2D eigenvalue weighted by molar-refractivity contribution is 0.469. The molecule has 2 heteroatoms. The van der Waals surface area contributed by atoms with Crippen LogP contribution in [0.5, 0.6) is 0 Å². The fourth-order valence-corrected chi connectivity index (χ4v) is 15.9. The van der Waals surface area contributed by atoms with Gasteiger partial charge in [0.25, 0.3) is 0 Å². The molecule has 184 valence electrons. The van der Waals surface area contributed by atoms with Crippen LogP contribution < -0.4 is 10.6 Å². The van der Waals surface area contributed by atoms with Crippen molar-refractivity contribution >= 4 is 26.5 Å². The molecule has 0 aromatic heterocycles. The molecule has 0 nitrogen and oxygen atoms in total. The molecular weight excluding hydrogens is 446 g/mol. The van der Waals surface area contributed by atoms with Gasteiger partial charge < -0.3 is 0 Å². The first-order valence-corrected chi connectivity index (χ1v) is 17.4. The lowest BCUT2D eigenvalue weighted by Gasteiger charge is -2.46. The molecule has 0 aliphatic heterocycles. The SMILES string of the molecule is Cc1ccccc1P(c1ccccc1)[C@@H](C)C1CCCC1P(C1CCCCC1)C1CCCCC1. The standard InChI is InChI=1S/C32H46P2/c1-25-15-12-13-23-31(25)33(27-16-6-3-7-17-27)26(2)30-22-14-24-32(30)34(28-18-8-4-9-19-28)29-20-10-5-11-21-29/h3,6-7,12-13,15-17,23,26,28-30,32H,4-5,8-11,14,18-22,24H2,1-2H3/t26-,30?,32?,33?/m0/s1. The third kappa shape index (κ3) is 5.50. The molecule has 0 spiro atoms. The molecule has 0 amide bonds. The van der Waals surface area contributed by atoms with Crippen molar-refractivity contribution in [3.63, 3.8) is 0 Å². The molecule has 3 fully saturated rings. The van der Waals surface area contributed by atoms with E-state index >= 15 is 0 Å². The molecule has 3 unspecified atom stereocenters. The normalized spacial score (nSPS) is 26.6. The Morgan fingerprint density at radius 1 is 0.647 bits per heavy atom. The average molecular weight is 493 g/mol. The van der Waals surface area contributed by atoms with Gasteiger partial charge in [-0.25, -0.2) is 0 Å². The summed E-state index contributed by atoms with van der Waals surface area (Å²) in [5, 5.41) is 3.24. The lowest BCUT2D eigenvalue weighted by Crippen LogP contribution is -2.34. The minimum absolute atomic E-state index is 0.170. The van der Waals surface area contributed by atoms with Crippen LogP contribution in [0.25, 0.3) is 0 Å². The highest BCUT2D eigenvalue weighted by Gasteiger charge is 2.45. The Kier molecular flexibility index (Phi) is 8.83. The van der Waals surface area contributed by atoms with Gasteiger partial charge in [0.05, 0.1) is 0 Å². The first kappa shape index (κ1) is 25.0. The molecule has 3 aliphatic carbocycles. The molecule has 3 aliphatic rings. The summed E-state index contributed by atoms with van der Waals surface area (Å²) in [5.41, 5.74) is 5.50. The highest BCUT2D eigenvalue weighted by atomic mass is 31.1. The van der Waals surface area contributed by atoms with Gasteiger partial charge in [0.2, 0.25) is 0 Å². The summed E-state index contributed by atoms with van der Waals surface area (Å²) < 4.78 is 0. The largest absolute Gasteiger partial charge is 0.0968 e. The second kappa shape index (κ2) is 12.0. The highest BCUT2D eigenvalue weighted by Crippen LogP contribution is 2.65. The number of aryl methyl sites for hydroxylation is 1. The fraction of sp³-hybridized carbons (Fsp3) is 0.625. The van der Waals surface area contributed by atoms with Crippen LogP contribution in [0.2, 0.25) is 0 Å². The van der Waals surface area contributed by atoms with E-state index in [0.29, 0.717) is 0 Å². The second-order valence-electron chi connectivity index (χ2n) is 11.4. The van der Waals surface area contributed by atoms with Crippen molar-refractivity contribution in [2.75, 3.05) is 0 Å². The molecule has 0 N–H and O–H groups in total. The van der Waals surface area contributed by atoms with E-state index < -0.39 is 0 Å². The van der Waals surface area contributed by atoms with Crippen LogP contribution in [0.4, 0.5) is 0 Å². The molecule has 0 saturated heterocycles. The zero-order valence-electron chi connectivity index (χ0n) is 21.7. The molecule has 0 heterocycles. The van der Waals surface area contributed by atoms with Crippen molar-refractivity contribution < 1.29 is 0 Å². The lowest BCUT2D eigenvalue weighted by atomic mass is 9.99. The summed E-state index contributed by atoms with van der Waals surface area (Å²) in [6.07, 6.45) is 19.8. The van der Waals surface area contributed by atoms with Crippen molar-refractivity contribution in [3.8, 4) is 0 Å². The van der Waals surface area contributed by atoms with Crippen LogP contribution >= 0.6 is 15.8 Å². The zero-order valence-corrected chi connectivity index (χ0v) is 23.5. The van der Waals surface area contributed by atoms with Gasteiger partial charge in [-0.2, -0.15) is 0 Å². The second-order valence-corrected chi connectivity index (χ2v) is 17.0. The minimum Gasteiger partial charge on any atom is -0.0968 e. The van der Waals surface area contributed by atoms with Crippen molar-refractivity contribution in [2.45, 2.75) is 120 Å². The van der Waals surface area contributed by atoms with Crippen molar-refractivity contribution in [3.05, 3.63) is 60.2 Å². The molecule has 5 rings (SSSR count). The van der Waals surface area contributed by atoms with Crippen LogP contribution in [0.15, 0.2) is 54.6 Å². The number of rotatable bonds is 7. The third-order valence-corrected chi connectivity index (χ3v) is 16.5. The Bertz CT molecular complexity index is 863. The van der Waals surface area contributed by atoms with E-state index in [1.807, 2.05) is 0 Å². The molecule has 0 radical (unpaired) electrons. The van der Waals surface area contributed by atoms with E-state index in [1.54, 1.807) is 42.7 Å². The smallest absolute Gasteiger partial charge is 0.0123 e. The average Bonchev–Trinajstić information content (AvgIpc) is 3.37. The Balaban J connectivity index is 1.48. The summed E-state index contributed by atoms with van der Waals surface area (Å²) in [7, 11) is -0.150. The molecule has 3 saturated carbocycles. The van der Waals surface area contributed by atoms with Gasteiger partial charge in [-0.05, 0) is 98.1 Å². The Hall–Kier alpha value is -0.700. The topological polar surface area (TPSA) is 0 Å². The van der Waals surface area contributed by atoms with Gasteiger partial charge in [-0.1, -0.05) is 114 Å². The van der Waals surface area contributed by atoms with E-state index in [4.69, 9.17) is 0 Å². The van der Waals surface area contributed by atoms with Crippen LogP contribution in [0, 0.1) is 12.8 Å². The summed E-state index contributed by atoms with van der Waals surface area (Å²) in [4.78, 5) is 0. The van der Waals surface area contributed by atoms with Crippen molar-refractivity contribution in [2.24, 2.45) is 5.92 Å². The van der Waals surface area contributed by atoms with Crippen LogP contribution in [-0.2, 0) is 0 Å². The van der Waals surface area contributed by atoms with Gasteiger partial charge in [0.15, 0.2) is 0 Å². The maximum absolute atomic E-state index is 2.67. The van der Waals surface area contributed by atoms with Gasteiger partial charge in [0.1, 0.15) is 0 Å². The number of benzene rings is 2. The summed E-state index contributed by atoms with van der Waals surface area (Å²) in [6.45, 7) is 5.02. The van der Waals surface area contributed by atoms with Gasteiger partial charge in [-0.15, -0.1) is 0 Å². The van der Waals surface area contributed by atoms with Crippen molar-refractivity contribution in [1.82, 2.24) is 0 Å². The van der Waals surface area contributed by atoms with Gasteiger partial charge in [-0.3, -0.25) is 0 Å². The fourth-order valence-electron chi connectivity index (χ4n) is 7.71. The van der Waals surface area contributed by atoms with E-state index in [2.05, 4.69) is 68.4 Å². The molecule has 0 bridgehead atoms. The maximum Gasteiger partial charge on any atom is -0.0123 e. The first-order valence-electron chi connectivity index (χ1n) is 14.4. The Labute approximate surface area is 212 Å². The number of hydrogen-bond acceptors (Lipinski definition) is 0. The molecule has 34 heavy (non-hydrogen) atoms. The monoisotopic (exact) mass is 492 g/mol. The molecular formula is C32H46P2. The van der Waals surface area contributed by atoms with Crippen LogP contribution in [0.1, 0.15) is 96.0 Å². The third-order valence-electron chi connectivity index (χ3n) is 9.34. The van der Waals surface area contributed by atoms with E-state index in [9.17, 15) is 0 Å². The summed E-state index contributed by atoms with van der Waals surface area (Å²) in [6, 6.07) is 20.9. The van der Waals surface area contributed by atoms with E-state index in [0.717, 1.165) is 28.6 Å². The minimum atomic E-state index is -0.320. The number of hydrogen-bond donors (Lipinski definition) is 0. The predicted octanol–water partition coefficient (Wildman–Crippen LogP) is 9.13.